The number of nitrogens with zero attached hydrogens (tertiary/aromatic N) is 4. The molecule has 1 N–H and O–H groups in total. The molecule has 1 fully saturated rings. The lowest BCUT2D eigenvalue weighted by Crippen LogP contribution is -2.20. The Labute approximate surface area is 146 Å². The summed E-state index contributed by atoms with van der Waals surface area (Å²) >= 11 is 0. The second-order valence-corrected chi connectivity index (χ2v) is 7.02. The van der Waals surface area contributed by atoms with Crippen molar-refractivity contribution in [3.05, 3.63) is 41.2 Å². The van der Waals surface area contributed by atoms with Crippen LogP contribution in [0.3, 0.4) is 0 Å². The Morgan fingerprint density at radius 1 is 1.40 bits per heavy atom. The fourth-order valence-electron chi connectivity index (χ4n) is 3.99. The number of carboxylic acids is 1. The number of likely N-dealkylation sites (tertiary alicyclic amines) is 1. The average molecular weight is 342 g/mol. The Morgan fingerprint density at radius 2 is 2.28 bits per heavy atom. The van der Waals surface area contributed by atoms with Gasteiger partial charge in [0.1, 0.15) is 5.75 Å². The van der Waals surface area contributed by atoms with Crippen LogP contribution in [0.4, 0.5) is 0 Å². The van der Waals surface area contributed by atoms with E-state index in [2.05, 4.69) is 27.3 Å². The van der Waals surface area contributed by atoms with Crippen LogP contribution in [0, 0.1) is 5.92 Å². The molecule has 0 amide bonds. The van der Waals surface area contributed by atoms with E-state index >= 15 is 0 Å². The first-order chi connectivity index (χ1) is 12.1. The van der Waals surface area contributed by atoms with Crippen molar-refractivity contribution in [1.29, 1.82) is 0 Å². The second kappa shape index (κ2) is 6.48. The molecule has 0 bridgehead atoms. The van der Waals surface area contributed by atoms with Gasteiger partial charge in [-0.05, 0) is 23.1 Å². The van der Waals surface area contributed by atoms with E-state index in [1.165, 1.54) is 11.1 Å². The molecule has 2 atom stereocenters. The third-order valence-corrected chi connectivity index (χ3v) is 5.11. The highest BCUT2D eigenvalue weighted by Gasteiger charge is 2.36. The van der Waals surface area contributed by atoms with Crippen LogP contribution in [0.5, 0.6) is 5.75 Å². The Morgan fingerprint density at radius 3 is 3.04 bits per heavy atom. The molecule has 1 aromatic heterocycles. The number of hydrogen-bond donors (Lipinski definition) is 1. The van der Waals surface area contributed by atoms with Gasteiger partial charge < -0.3 is 9.84 Å². The maximum absolute atomic E-state index is 11.3. The summed E-state index contributed by atoms with van der Waals surface area (Å²) in [5, 5.41) is 17.5. The SMILES string of the molecule is Cn1cc([C@@H]2CN(Cc3ccc4c(c3)CCO4)C[C@@H]2CC(=O)O)nn1. The highest BCUT2D eigenvalue weighted by molar-refractivity contribution is 5.67. The number of carbonyl (C=O) groups is 1. The topological polar surface area (TPSA) is 80.5 Å². The number of fused-ring (bicyclic) bond motifs is 1. The molecule has 1 saturated heterocycles. The lowest BCUT2D eigenvalue weighted by molar-refractivity contribution is -0.138. The van der Waals surface area contributed by atoms with Gasteiger partial charge in [-0.3, -0.25) is 14.4 Å². The van der Waals surface area contributed by atoms with E-state index in [0.717, 1.165) is 44.1 Å². The molecule has 0 spiro atoms. The molecule has 3 heterocycles. The minimum atomic E-state index is -0.754. The number of benzene rings is 1. The van der Waals surface area contributed by atoms with Crippen LogP contribution in [-0.4, -0.2) is 50.7 Å². The first-order valence-electron chi connectivity index (χ1n) is 8.63. The van der Waals surface area contributed by atoms with Crippen molar-refractivity contribution < 1.29 is 14.6 Å². The molecule has 0 saturated carbocycles. The van der Waals surface area contributed by atoms with Crippen LogP contribution >= 0.6 is 0 Å². The standard InChI is InChI=1S/C18H22N4O3/c1-21-11-16(19-20-21)15-10-22(9-14(15)7-18(23)24)8-12-2-3-17-13(6-12)4-5-25-17/h2-3,6,11,14-15H,4-5,7-10H2,1H3,(H,23,24)/t14-,15+/m0/s1. The van der Waals surface area contributed by atoms with E-state index in [9.17, 15) is 9.90 Å². The number of rotatable bonds is 5. The average Bonchev–Trinajstić information content (AvgIpc) is 3.26. The van der Waals surface area contributed by atoms with Crippen LogP contribution in [0.2, 0.25) is 0 Å². The Balaban J connectivity index is 1.50. The van der Waals surface area contributed by atoms with Gasteiger partial charge in [-0.15, -0.1) is 5.10 Å². The van der Waals surface area contributed by atoms with Crippen LogP contribution in [-0.2, 0) is 24.8 Å². The first kappa shape index (κ1) is 16.1. The van der Waals surface area contributed by atoms with Crippen molar-refractivity contribution in [2.24, 2.45) is 13.0 Å². The lowest BCUT2D eigenvalue weighted by atomic mass is 9.91. The quantitative estimate of drug-likeness (QED) is 0.886. The van der Waals surface area contributed by atoms with Crippen molar-refractivity contribution >= 4 is 5.97 Å². The van der Waals surface area contributed by atoms with Gasteiger partial charge in [-0.25, -0.2) is 0 Å². The monoisotopic (exact) mass is 342 g/mol. The Kier molecular flexibility index (Phi) is 4.17. The van der Waals surface area contributed by atoms with Crippen LogP contribution in [0.25, 0.3) is 0 Å². The van der Waals surface area contributed by atoms with Crippen LogP contribution in [0.15, 0.2) is 24.4 Å². The van der Waals surface area contributed by atoms with Crippen molar-refractivity contribution in [2.75, 3.05) is 19.7 Å². The zero-order valence-electron chi connectivity index (χ0n) is 14.3. The number of ether oxygens (including phenoxy) is 1. The second-order valence-electron chi connectivity index (χ2n) is 7.02. The fraction of sp³-hybridized carbons (Fsp3) is 0.500. The number of aryl methyl sites for hydroxylation is 1. The van der Waals surface area contributed by atoms with Crippen molar-refractivity contribution in [3.63, 3.8) is 0 Å². The molecule has 4 rings (SSSR count). The Bertz CT molecular complexity index is 788. The smallest absolute Gasteiger partial charge is 0.303 e. The largest absolute Gasteiger partial charge is 0.493 e. The van der Waals surface area contributed by atoms with Gasteiger partial charge in [0.2, 0.25) is 0 Å². The summed E-state index contributed by atoms with van der Waals surface area (Å²) < 4.78 is 7.24. The molecular formula is C18H22N4O3. The molecular weight excluding hydrogens is 320 g/mol. The maximum atomic E-state index is 11.3. The molecule has 2 aliphatic heterocycles. The van der Waals surface area contributed by atoms with Gasteiger partial charge in [0.15, 0.2) is 0 Å². The fourth-order valence-corrected chi connectivity index (χ4v) is 3.99. The van der Waals surface area contributed by atoms with Gasteiger partial charge in [-0.1, -0.05) is 17.3 Å². The zero-order valence-corrected chi connectivity index (χ0v) is 14.3. The molecule has 2 aromatic rings. The van der Waals surface area contributed by atoms with Crippen molar-refractivity contribution in [3.8, 4) is 5.75 Å². The molecule has 132 valence electrons. The number of aromatic nitrogens is 3. The minimum absolute atomic E-state index is 0.0620. The highest BCUT2D eigenvalue weighted by Crippen LogP contribution is 2.35. The van der Waals surface area contributed by atoms with E-state index in [1.807, 2.05) is 19.3 Å². The normalized spacial score (nSPS) is 22.8. The highest BCUT2D eigenvalue weighted by atomic mass is 16.5. The zero-order chi connectivity index (χ0) is 17.4. The summed E-state index contributed by atoms with van der Waals surface area (Å²) in [6.07, 6.45) is 3.03. The summed E-state index contributed by atoms with van der Waals surface area (Å²) in [5.41, 5.74) is 3.40. The third kappa shape index (κ3) is 3.37. The first-order valence-corrected chi connectivity index (χ1v) is 8.63. The lowest BCUT2D eigenvalue weighted by Gasteiger charge is -2.16. The van der Waals surface area contributed by atoms with Gasteiger partial charge in [0.25, 0.3) is 0 Å². The molecule has 25 heavy (non-hydrogen) atoms. The van der Waals surface area contributed by atoms with Crippen molar-refractivity contribution in [2.45, 2.75) is 25.3 Å². The molecule has 0 aliphatic carbocycles. The van der Waals surface area contributed by atoms with E-state index in [4.69, 9.17) is 4.74 Å². The van der Waals surface area contributed by atoms with E-state index in [0.29, 0.717) is 0 Å². The number of hydrogen-bond acceptors (Lipinski definition) is 5. The Hall–Kier alpha value is -2.41. The molecule has 0 unspecified atom stereocenters. The number of carboxylic acid groups (broad SMARTS) is 1. The van der Waals surface area contributed by atoms with Gasteiger partial charge >= 0.3 is 5.97 Å². The molecule has 7 nitrogen and oxygen atoms in total. The number of aliphatic carboxylic acids is 1. The van der Waals surface area contributed by atoms with E-state index < -0.39 is 5.97 Å². The van der Waals surface area contributed by atoms with E-state index in [1.54, 1.807) is 4.68 Å². The van der Waals surface area contributed by atoms with Gasteiger partial charge in [0, 0.05) is 45.2 Å². The summed E-state index contributed by atoms with van der Waals surface area (Å²) in [7, 11) is 1.84. The summed E-state index contributed by atoms with van der Waals surface area (Å²) in [6, 6.07) is 6.36. The predicted molar refractivity (Wildman–Crippen MR) is 90.4 cm³/mol. The molecule has 7 heteroatoms. The molecule has 1 aromatic carbocycles. The molecule has 0 radical (unpaired) electrons. The van der Waals surface area contributed by atoms with Crippen molar-refractivity contribution in [1.82, 2.24) is 19.9 Å². The van der Waals surface area contributed by atoms with Gasteiger partial charge in [0.05, 0.1) is 18.7 Å². The van der Waals surface area contributed by atoms with Crippen LogP contribution in [0.1, 0.15) is 29.2 Å². The summed E-state index contributed by atoms with van der Waals surface area (Å²) in [5.74, 6) is 0.413. The van der Waals surface area contributed by atoms with E-state index in [-0.39, 0.29) is 18.3 Å². The maximum Gasteiger partial charge on any atom is 0.303 e. The third-order valence-electron chi connectivity index (χ3n) is 5.11. The van der Waals surface area contributed by atoms with Gasteiger partial charge in [-0.2, -0.15) is 0 Å². The van der Waals surface area contributed by atoms with Crippen LogP contribution < -0.4 is 4.74 Å². The predicted octanol–water partition coefficient (Wildman–Crippen LogP) is 1.44. The molecule has 2 aliphatic rings. The minimum Gasteiger partial charge on any atom is -0.493 e. The summed E-state index contributed by atoms with van der Waals surface area (Å²) in [6.45, 7) is 3.16. The summed E-state index contributed by atoms with van der Waals surface area (Å²) in [4.78, 5) is 13.6.